The smallest absolute Gasteiger partial charge is 0.231 e. The van der Waals surface area contributed by atoms with Crippen molar-refractivity contribution in [2.24, 2.45) is 4.99 Å². The number of benzene rings is 2. The number of thiazole rings is 1. The third-order valence-electron chi connectivity index (χ3n) is 5.25. The van der Waals surface area contributed by atoms with Gasteiger partial charge < -0.3 is 14.0 Å². The van der Waals surface area contributed by atoms with Crippen molar-refractivity contribution in [1.82, 2.24) is 9.55 Å². The fourth-order valence-corrected chi connectivity index (χ4v) is 4.38. The van der Waals surface area contributed by atoms with Gasteiger partial charge in [0.1, 0.15) is 0 Å². The lowest BCUT2D eigenvalue weighted by molar-refractivity contribution is 0.174. The van der Waals surface area contributed by atoms with Crippen LogP contribution in [0.3, 0.4) is 0 Å². The Labute approximate surface area is 178 Å². The van der Waals surface area contributed by atoms with Crippen molar-refractivity contribution in [3.8, 4) is 22.8 Å². The highest BCUT2D eigenvalue weighted by atomic mass is 32.1. The molecule has 0 saturated carbocycles. The van der Waals surface area contributed by atoms with Gasteiger partial charge in [0.25, 0.3) is 0 Å². The van der Waals surface area contributed by atoms with E-state index in [9.17, 15) is 0 Å². The normalized spacial score (nSPS) is 13.1. The van der Waals surface area contributed by atoms with Crippen molar-refractivity contribution in [3.05, 3.63) is 87.8 Å². The third-order valence-corrected chi connectivity index (χ3v) is 6.11. The van der Waals surface area contributed by atoms with Crippen LogP contribution in [-0.2, 0) is 6.54 Å². The highest BCUT2D eigenvalue weighted by molar-refractivity contribution is 7.07. The second-order valence-electron chi connectivity index (χ2n) is 7.30. The maximum absolute atomic E-state index is 5.57. The van der Waals surface area contributed by atoms with E-state index >= 15 is 0 Å². The predicted octanol–water partition coefficient (Wildman–Crippen LogP) is 5.24. The zero-order valence-corrected chi connectivity index (χ0v) is 17.6. The molecule has 150 valence electrons. The highest BCUT2D eigenvalue weighted by Gasteiger charge is 2.15. The summed E-state index contributed by atoms with van der Waals surface area (Å²) in [6, 6.07) is 16.5. The molecule has 2 aromatic heterocycles. The molecule has 5 rings (SSSR count). The molecule has 0 spiro atoms. The van der Waals surface area contributed by atoms with Gasteiger partial charge >= 0.3 is 0 Å². The van der Waals surface area contributed by atoms with E-state index in [2.05, 4.69) is 53.0 Å². The van der Waals surface area contributed by atoms with Crippen LogP contribution in [0.4, 0.5) is 5.69 Å². The zero-order valence-electron chi connectivity index (χ0n) is 16.8. The summed E-state index contributed by atoms with van der Waals surface area (Å²) in [5.41, 5.74) is 6.86. The summed E-state index contributed by atoms with van der Waals surface area (Å²) in [5.74, 6) is 1.59. The van der Waals surface area contributed by atoms with E-state index in [-0.39, 0.29) is 6.79 Å². The van der Waals surface area contributed by atoms with Gasteiger partial charge in [-0.3, -0.25) is 4.98 Å². The molecule has 0 saturated heterocycles. The van der Waals surface area contributed by atoms with E-state index in [4.69, 9.17) is 14.5 Å². The number of ether oxygens (including phenoxy) is 2. The molecular formula is C24H21N3O2S. The van der Waals surface area contributed by atoms with Gasteiger partial charge in [-0.05, 0) is 66.4 Å². The van der Waals surface area contributed by atoms with Crippen molar-refractivity contribution in [2.75, 3.05) is 6.79 Å². The van der Waals surface area contributed by atoms with Gasteiger partial charge in [-0.25, -0.2) is 4.99 Å². The molecule has 0 atom stereocenters. The van der Waals surface area contributed by atoms with Gasteiger partial charge in [-0.2, -0.15) is 0 Å². The van der Waals surface area contributed by atoms with Crippen LogP contribution in [-0.4, -0.2) is 16.3 Å². The van der Waals surface area contributed by atoms with Crippen LogP contribution in [0.15, 0.2) is 71.3 Å². The number of hydrogen-bond acceptors (Lipinski definition) is 5. The molecule has 2 aromatic carbocycles. The second kappa shape index (κ2) is 7.80. The Balaban J connectivity index is 1.63. The number of aryl methyl sites for hydroxylation is 2. The minimum Gasteiger partial charge on any atom is -0.454 e. The van der Waals surface area contributed by atoms with Crippen molar-refractivity contribution in [3.63, 3.8) is 0 Å². The lowest BCUT2D eigenvalue weighted by atomic mass is 10.0. The lowest BCUT2D eigenvalue weighted by Gasteiger charge is -2.11. The Bertz CT molecular complexity index is 1280. The van der Waals surface area contributed by atoms with Crippen LogP contribution in [0.25, 0.3) is 11.3 Å². The fourth-order valence-electron chi connectivity index (χ4n) is 3.46. The maximum atomic E-state index is 5.57. The monoisotopic (exact) mass is 415 g/mol. The average molecular weight is 416 g/mol. The van der Waals surface area contributed by atoms with Gasteiger partial charge in [0.2, 0.25) is 6.79 Å². The van der Waals surface area contributed by atoms with Crippen LogP contribution < -0.4 is 14.3 Å². The third kappa shape index (κ3) is 3.62. The first-order valence-corrected chi connectivity index (χ1v) is 10.6. The van der Waals surface area contributed by atoms with Gasteiger partial charge in [0.05, 0.1) is 24.1 Å². The standard InChI is InChI=1S/C24H21N3O2S/c1-16-5-7-19(10-17(16)2)21-14-30-24(26-20-4-3-9-25-12-20)27(21)13-18-6-8-22-23(11-18)29-15-28-22/h3-12,14H,13,15H2,1-2H3. The largest absolute Gasteiger partial charge is 0.454 e. The lowest BCUT2D eigenvalue weighted by Crippen LogP contribution is -2.16. The molecule has 0 N–H and O–H groups in total. The number of nitrogens with zero attached hydrogens (tertiary/aromatic N) is 3. The molecule has 0 unspecified atom stereocenters. The molecule has 1 aliphatic rings. The summed E-state index contributed by atoms with van der Waals surface area (Å²) < 4.78 is 13.3. The summed E-state index contributed by atoms with van der Waals surface area (Å²) in [5, 5.41) is 2.17. The first-order chi connectivity index (χ1) is 14.7. The van der Waals surface area contributed by atoms with Crippen molar-refractivity contribution >= 4 is 17.0 Å². The first kappa shape index (κ1) is 18.6. The molecule has 6 heteroatoms. The maximum Gasteiger partial charge on any atom is 0.231 e. The van der Waals surface area contributed by atoms with Crippen LogP contribution >= 0.6 is 11.3 Å². The molecule has 1 aliphatic heterocycles. The Morgan fingerprint density at radius 1 is 1.03 bits per heavy atom. The van der Waals surface area contributed by atoms with Gasteiger partial charge in [-0.1, -0.05) is 18.2 Å². The van der Waals surface area contributed by atoms with E-state index in [1.165, 1.54) is 16.7 Å². The van der Waals surface area contributed by atoms with Crippen molar-refractivity contribution in [2.45, 2.75) is 20.4 Å². The fraction of sp³-hybridized carbons (Fsp3) is 0.167. The summed E-state index contributed by atoms with van der Waals surface area (Å²) >= 11 is 1.63. The molecule has 0 fully saturated rings. The number of rotatable bonds is 4. The van der Waals surface area contributed by atoms with E-state index in [1.807, 2.05) is 24.3 Å². The number of fused-ring (bicyclic) bond motifs is 1. The summed E-state index contributed by atoms with van der Waals surface area (Å²) in [4.78, 5) is 9.98. The predicted molar refractivity (Wildman–Crippen MR) is 118 cm³/mol. The van der Waals surface area contributed by atoms with Gasteiger partial charge in [0.15, 0.2) is 16.3 Å². The van der Waals surface area contributed by atoms with E-state index in [0.717, 1.165) is 33.2 Å². The molecule has 30 heavy (non-hydrogen) atoms. The molecular weight excluding hydrogens is 394 g/mol. The molecule has 0 bridgehead atoms. The van der Waals surface area contributed by atoms with Gasteiger partial charge in [0, 0.05) is 11.6 Å². The van der Waals surface area contributed by atoms with E-state index in [0.29, 0.717) is 6.54 Å². The van der Waals surface area contributed by atoms with Crippen LogP contribution in [0.1, 0.15) is 16.7 Å². The molecule has 0 aliphatic carbocycles. The molecule has 4 aromatic rings. The molecule has 0 radical (unpaired) electrons. The molecule has 0 amide bonds. The number of pyridine rings is 1. The number of aromatic nitrogens is 2. The summed E-state index contributed by atoms with van der Waals surface area (Å²) in [6.45, 7) is 5.24. The average Bonchev–Trinajstić information content (AvgIpc) is 3.38. The minimum absolute atomic E-state index is 0.278. The van der Waals surface area contributed by atoms with Crippen LogP contribution in [0.2, 0.25) is 0 Å². The van der Waals surface area contributed by atoms with E-state index in [1.54, 1.807) is 23.7 Å². The van der Waals surface area contributed by atoms with Gasteiger partial charge in [-0.15, -0.1) is 11.3 Å². The second-order valence-corrected chi connectivity index (χ2v) is 8.14. The Kier molecular flexibility index (Phi) is 4.85. The first-order valence-electron chi connectivity index (χ1n) is 9.76. The molecule has 5 nitrogen and oxygen atoms in total. The summed E-state index contributed by atoms with van der Waals surface area (Å²) in [7, 11) is 0. The van der Waals surface area contributed by atoms with Crippen molar-refractivity contribution in [1.29, 1.82) is 0 Å². The minimum atomic E-state index is 0.278. The topological polar surface area (TPSA) is 48.6 Å². The Morgan fingerprint density at radius 3 is 2.77 bits per heavy atom. The summed E-state index contributed by atoms with van der Waals surface area (Å²) in [6.07, 6.45) is 3.54. The van der Waals surface area contributed by atoms with E-state index < -0.39 is 0 Å². The highest BCUT2D eigenvalue weighted by Crippen LogP contribution is 2.33. The SMILES string of the molecule is Cc1ccc(-c2csc(=Nc3cccnc3)n2Cc2ccc3c(c2)OCO3)cc1C. The van der Waals surface area contributed by atoms with Crippen LogP contribution in [0.5, 0.6) is 11.5 Å². The zero-order chi connectivity index (χ0) is 20.5. The Hall–Kier alpha value is -3.38. The quantitative estimate of drug-likeness (QED) is 0.458. The number of hydrogen-bond donors (Lipinski definition) is 0. The van der Waals surface area contributed by atoms with Crippen LogP contribution in [0, 0.1) is 13.8 Å². The van der Waals surface area contributed by atoms with Crippen molar-refractivity contribution < 1.29 is 9.47 Å². The molecule has 3 heterocycles. The Morgan fingerprint density at radius 2 is 1.93 bits per heavy atom.